The molecule has 20 heavy (non-hydrogen) atoms. The molecule has 1 aromatic rings. The Hall–Kier alpha value is -1.63. The highest BCUT2D eigenvalue weighted by atomic mass is 19.4. The topological polar surface area (TPSA) is 59.2 Å². The fourth-order valence-corrected chi connectivity index (χ4v) is 2.26. The quantitative estimate of drug-likeness (QED) is 0.904. The van der Waals surface area contributed by atoms with E-state index in [9.17, 15) is 18.0 Å². The molecule has 1 saturated heterocycles. The molecular formula is C13H16F3N3O. The Balaban J connectivity index is 2.08. The van der Waals surface area contributed by atoms with E-state index < -0.39 is 18.0 Å². The van der Waals surface area contributed by atoms with E-state index in [1.807, 2.05) is 0 Å². The van der Waals surface area contributed by atoms with Crippen molar-refractivity contribution in [2.24, 2.45) is 11.7 Å². The zero-order valence-corrected chi connectivity index (χ0v) is 10.9. The average molecular weight is 287 g/mol. The van der Waals surface area contributed by atoms with Gasteiger partial charge in [0.05, 0.1) is 5.92 Å². The highest BCUT2D eigenvalue weighted by Gasteiger charge is 2.42. The number of rotatable bonds is 2. The Bertz CT molecular complexity index is 473. The number of piperidine rings is 1. The molecule has 0 aliphatic carbocycles. The van der Waals surface area contributed by atoms with Gasteiger partial charge < -0.3 is 10.6 Å². The van der Waals surface area contributed by atoms with Gasteiger partial charge in [0.1, 0.15) is 5.69 Å². The molecule has 0 spiro atoms. The zero-order chi connectivity index (χ0) is 14.8. The summed E-state index contributed by atoms with van der Waals surface area (Å²) in [5, 5.41) is 0. The van der Waals surface area contributed by atoms with Gasteiger partial charge in [0.25, 0.3) is 5.91 Å². The molecule has 2 rings (SSSR count). The van der Waals surface area contributed by atoms with E-state index >= 15 is 0 Å². The minimum absolute atomic E-state index is 0.0762. The van der Waals surface area contributed by atoms with Crippen LogP contribution in [0.4, 0.5) is 13.2 Å². The number of carbonyl (C=O) groups is 1. The summed E-state index contributed by atoms with van der Waals surface area (Å²) in [6, 6.07) is 3.16. The second-order valence-electron chi connectivity index (χ2n) is 4.89. The van der Waals surface area contributed by atoms with E-state index in [1.54, 1.807) is 6.07 Å². The van der Waals surface area contributed by atoms with E-state index in [1.165, 1.54) is 17.2 Å². The van der Waals surface area contributed by atoms with Crippen molar-refractivity contribution in [3.63, 3.8) is 0 Å². The fraction of sp³-hybridized carbons (Fsp3) is 0.538. The zero-order valence-electron chi connectivity index (χ0n) is 10.9. The summed E-state index contributed by atoms with van der Waals surface area (Å²) in [6.07, 6.45) is -2.35. The van der Waals surface area contributed by atoms with Gasteiger partial charge in [-0.2, -0.15) is 13.2 Å². The lowest BCUT2D eigenvalue weighted by Crippen LogP contribution is -2.44. The number of halogens is 3. The van der Waals surface area contributed by atoms with Crippen molar-refractivity contribution in [3.8, 4) is 0 Å². The molecule has 1 aromatic heterocycles. The number of carbonyl (C=O) groups excluding carboxylic acids is 1. The molecule has 1 aliphatic rings. The van der Waals surface area contributed by atoms with Crippen molar-refractivity contribution < 1.29 is 18.0 Å². The van der Waals surface area contributed by atoms with Crippen molar-refractivity contribution in [1.29, 1.82) is 0 Å². The number of likely N-dealkylation sites (tertiary alicyclic amines) is 1. The van der Waals surface area contributed by atoms with Crippen molar-refractivity contribution in [2.75, 3.05) is 13.1 Å². The Labute approximate surface area is 114 Å². The molecule has 0 radical (unpaired) electrons. The number of amides is 1. The molecule has 0 saturated carbocycles. The molecule has 1 atom stereocenters. The van der Waals surface area contributed by atoms with Crippen LogP contribution in [0.1, 0.15) is 28.9 Å². The van der Waals surface area contributed by atoms with Crippen LogP contribution in [0.2, 0.25) is 0 Å². The Morgan fingerprint density at radius 1 is 1.45 bits per heavy atom. The first kappa shape index (κ1) is 14.8. The summed E-state index contributed by atoms with van der Waals surface area (Å²) in [7, 11) is 0. The smallest absolute Gasteiger partial charge is 0.337 e. The summed E-state index contributed by atoms with van der Waals surface area (Å²) >= 11 is 0. The molecule has 4 nitrogen and oxygen atoms in total. The molecule has 1 amide bonds. The average Bonchev–Trinajstić information content (AvgIpc) is 2.46. The Morgan fingerprint density at radius 3 is 2.75 bits per heavy atom. The lowest BCUT2D eigenvalue weighted by Gasteiger charge is -2.33. The first-order chi connectivity index (χ1) is 9.41. The molecule has 1 unspecified atom stereocenters. The van der Waals surface area contributed by atoms with Crippen LogP contribution in [0.15, 0.2) is 18.3 Å². The van der Waals surface area contributed by atoms with Gasteiger partial charge in [-0.15, -0.1) is 0 Å². The summed E-state index contributed by atoms with van der Waals surface area (Å²) in [5.41, 5.74) is 6.35. The van der Waals surface area contributed by atoms with E-state index in [2.05, 4.69) is 4.98 Å². The Morgan fingerprint density at radius 2 is 2.20 bits per heavy atom. The minimum Gasteiger partial charge on any atom is -0.337 e. The van der Waals surface area contributed by atoms with Crippen molar-refractivity contribution >= 4 is 5.91 Å². The van der Waals surface area contributed by atoms with Crippen LogP contribution in [-0.4, -0.2) is 35.1 Å². The number of aromatic nitrogens is 1. The minimum atomic E-state index is -4.25. The van der Waals surface area contributed by atoms with Crippen LogP contribution >= 0.6 is 0 Å². The second-order valence-corrected chi connectivity index (χ2v) is 4.89. The van der Waals surface area contributed by atoms with Crippen LogP contribution in [0.3, 0.4) is 0 Å². The van der Waals surface area contributed by atoms with Crippen LogP contribution in [0, 0.1) is 5.92 Å². The fourth-order valence-electron chi connectivity index (χ4n) is 2.26. The highest BCUT2D eigenvalue weighted by molar-refractivity contribution is 5.92. The third-order valence-corrected chi connectivity index (χ3v) is 3.45. The van der Waals surface area contributed by atoms with Gasteiger partial charge in [0.2, 0.25) is 0 Å². The van der Waals surface area contributed by atoms with E-state index in [0.29, 0.717) is 19.5 Å². The number of pyridine rings is 1. The summed E-state index contributed by atoms with van der Waals surface area (Å²) in [6.45, 7) is 0.357. The monoisotopic (exact) mass is 287 g/mol. The first-order valence-corrected chi connectivity index (χ1v) is 6.43. The van der Waals surface area contributed by atoms with E-state index in [0.717, 1.165) is 5.56 Å². The number of hydrogen-bond acceptors (Lipinski definition) is 3. The third kappa shape index (κ3) is 3.27. The van der Waals surface area contributed by atoms with Crippen molar-refractivity contribution in [3.05, 3.63) is 29.6 Å². The van der Waals surface area contributed by atoms with Gasteiger partial charge in [-0.25, -0.2) is 0 Å². The van der Waals surface area contributed by atoms with Crippen molar-refractivity contribution in [1.82, 2.24) is 9.88 Å². The molecule has 1 aliphatic heterocycles. The first-order valence-electron chi connectivity index (χ1n) is 6.43. The maximum Gasteiger partial charge on any atom is 0.393 e. The van der Waals surface area contributed by atoms with Gasteiger partial charge in [0.15, 0.2) is 0 Å². The Kier molecular flexibility index (Phi) is 4.27. The lowest BCUT2D eigenvalue weighted by atomic mass is 9.97. The molecular weight excluding hydrogens is 271 g/mol. The largest absolute Gasteiger partial charge is 0.393 e. The molecule has 7 heteroatoms. The van der Waals surface area contributed by atoms with E-state index in [-0.39, 0.29) is 18.7 Å². The molecule has 0 aromatic carbocycles. The molecule has 0 bridgehead atoms. The predicted octanol–water partition coefficient (Wildman–Crippen LogP) is 1.95. The second kappa shape index (κ2) is 5.78. The summed E-state index contributed by atoms with van der Waals surface area (Å²) in [4.78, 5) is 17.3. The summed E-state index contributed by atoms with van der Waals surface area (Å²) < 4.78 is 38.1. The third-order valence-electron chi connectivity index (χ3n) is 3.45. The number of nitrogens with two attached hydrogens (primary N) is 1. The van der Waals surface area contributed by atoms with Crippen LogP contribution in [0.5, 0.6) is 0 Å². The van der Waals surface area contributed by atoms with Crippen LogP contribution in [0.25, 0.3) is 0 Å². The molecule has 2 N–H and O–H groups in total. The van der Waals surface area contributed by atoms with Gasteiger partial charge in [-0.3, -0.25) is 9.78 Å². The van der Waals surface area contributed by atoms with Gasteiger partial charge in [0, 0.05) is 25.8 Å². The molecule has 110 valence electrons. The van der Waals surface area contributed by atoms with Gasteiger partial charge >= 0.3 is 6.18 Å². The van der Waals surface area contributed by atoms with E-state index in [4.69, 9.17) is 5.73 Å². The number of alkyl halides is 3. The normalized spacial score (nSPS) is 20.0. The summed E-state index contributed by atoms with van der Waals surface area (Å²) in [5.74, 6) is -1.90. The standard InChI is InChI=1S/C13H16F3N3O/c14-13(15,16)10-2-1-5-19(8-10)12(20)11-4-3-9(6-17)7-18-11/h3-4,7,10H,1-2,5-6,8,17H2. The van der Waals surface area contributed by atoms with Gasteiger partial charge in [-0.1, -0.05) is 6.07 Å². The highest BCUT2D eigenvalue weighted by Crippen LogP contribution is 2.33. The number of nitrogens with zero attached hydrogens (tertiary/aromatic N) is 2. The molecule has 2 heterocycles. The predicted molar refractivity (Wildman–Crippen MR) is 66.8 cm³/mol. The van der Waals surface area contributed by atoms with Gasteiger partial charge in [-0.05, 0) is 24.5 Å². The maximum atomic E-state index is 12.7. The number of hydrogen-bond donors (Lipinski definition) is 1. The van der Waals surface area contributed by atoms with Crippen LogP contribution < -0.4 is 5.73 Å². The van der Waals surface area contributed by atoms with Crippen LogP contribution in [-0.2, 0) is 6.54 Å². The maximum absolute atomic E-state index is 12.7. The lowest BCUT2D eigenvalue weighted by molar-refractivity contribution is -0.184. The molecule has 1 fully saturated rings. The SMILES string of the molecule is NCc1ccc(C(=O)N2CCCC(C(F)(F)F)C2)nc1. The van der Waals surface area contributed by atoms with Crippen molar-refractivity contribution in [2.45, 2.75) is 25.6 Å².